The molecule has 0 aromatic rings. The molecule has 0 spiro atoms. The molecule has 0 unspecified atom stereocenters. The Morgan fingerprint density at radius 2 is 1.51 bits per heavy atom. The number of nitrogens with one attached hydrogen (secondary N) is 2. The van der Waals surface area contributed by atoms with E-state index in [0.717, 1.165) is 83.5 Å². The first-order valence-corrected chi connectivity index (χ1v) is 19.4. The number of carboxylic acid groups (broad SMARTS) is 1. The zero-order valence-electron chi connectivity index (χ0n) is 30.5. The van der Waals surface area contributed by atoms with Gasteiger partial charge >= 0.3 is 11.9 Å². The number of carbonyl (C=O) groups is 4. The number of hydrogen-bond acceptors (Lipinski definition) is 7. The minimum Gasteiger partial charge on any atom is -0.480 e. The molecule has 10 nitrogen and oxygen atoms in total. The summed E-state index contributed by atoms with van der Waals surface area (Å²) in [6, 6.07) is -1.14. The molecule has 49 heavy (non-hydrogen) atoms. The zero-order valence-corrected chi connectivity index (χ0v) is 30.5. The molecule has 5 rings (SSSR count). The van der Waals surface area contributed by atoms with Crippen molar-refractivity contribution in [1.82, 2.24) is 10.6 Å². The first-order chi connectivity index (χ1) is 23.2. The second kappa shape index (κ2) is 15.6. The van der Waals surface area contributed by atoms with Gasteiger partial charge in [0.25, 0.3) is 0 Å². The lowest BCUT2D eigenvalue weighted by Crippen LogP contribution is -2.58. The minimum atomic E-state index is -1.15. The van der Waals surface area contributed by atoms with Crippen molar-refractivity contribution in [1.29, 1.82) is 0 Å². The van der Waals surface area contributed by atoms with Crippen LogP contribution in [0.3, 0.4) is 0 Å². The van der Waals surface area contributed by atoms with Gasteiger partial charge in [-0.15, -0.1) is 0 Å². The Kier molecular flexibility index (Phi) is 12.1. The molecule has 0 heterocycles. The summed E-state index contributed by atoms with van der Waals surface area (Å²) in [7, 11) is 1.37. The molecule has 0 saturated heterocycles. The van der Waals surface area contributed by atoms with Crippen LogP contribution < -0.4 is 10.6 Å². The lowest BCUT2D eigenvalue weighted by molar-refractivity contribution is -0.174. The predicted octanol–water partition coefficient (Wildman–Crippen LogP) is 5.37. The summed E-state index contributed by atoms with van der Waals surface area (Å²) in [5.74, 6) is 0.358. The molecule has 0 aliphatic heterocycles. The van der Waals surface area contributed by atoms with E-state index >= 15 is 0 Å². The maximum Gasteiger partial charge on any atom is 0.326 e. The number of rotatable bonds is 13. The highest BCUT2D eigenvalue weighted by atomic mass is 16.5. The first kappa shape index (κ1) is 38.0. The standard InChI is InChI=1S/C39H64N2O8/c1-24(27-9-10-28-35-29(15-19-38(27,28)3)37(2)18-14-26(42)20-25(37)21-31(35)43)8-12-33(45)41-30(36(47)48)11-13-32(44)40-23-39(22-34(46)49-4)16-6-5-7-17-39/h24-31,35,42-43H,5-23H2,1-4H3,(H,40,44)(H,41,45)(H,47,48)/t24-,25+,26-,27-,28+,29+,30+,31-,35+,37+,38-/m1/s1. The van der Waals surface area contributed by atoms with E-state index in [4.69, 9.17) is 4.74 Å². The second-order valence-electron chi connectivity index (χ2n) is 17.6. The number of fused-ring (bicyclic) bond motifs is 5. The predicted molar refractivity (Wildman–Crippen MR) is 185 cm³/mol. The normalized spacial score (nSPS) is 37.8. The number of aliphatic hydroxyl groups is 2. The van der Waals surface area contributed by atoms with Crippen LogP contribution in [0.4, 0.5) is 0 Å². The SMILES string of the molecule is COC(=O)CC1(CNC(=O)CC[C@H](NC(=O)CC[C@@H](C)[C@H]2CC[C@H]3[C@@H]4[C@H](O)C[C@@H]5C[C@H](O)CC[C@]5(C)[C@H]4CC[C@]23C)C(=O)O)CCCCC1. The van der Waals surface area contributed by atoms with Gasteiger partial charge in [0.2, 0.25) is 11.8 Å². The van der Waals surface area contributed by atoms with Crippen LogP contribution in [0.15, 0.2) is 0 Å². The summed E-state index contributed by atoms with van der Waals surface area (Å²) in [4.78, 5) is 49.9. The maximum absolute atomic E-state index is 13.0. The Bertz CT molecular complexity index is 1200. The van der Waals surface area contributed by atoms with Crippen LogP contribution in [-0.2, 0) is 23.9 Å². The van der Waals surface area contributed by atoms with Gasteiger partial charge in [-0.25, -0.2) is 4.79 Å². The molecular weight excluding hydrogens is 624 g/mol. The van der Waals surface area contributed by atoms with E-state index in [0.29, 0.717) is 42.6 Å². The van der Waals surface area contributed by atoms with Crippen molar-refractivity contribution in [2.75, 3.05) is 13.7 Å². The molecular formula is C39H64N2O8. The Hall–Kier alpha value is -2.20. The third-order valence-corrected chi connectivity index (χ3v) is 14.9. The summed E-state index contributed by atoms with van der Waals surface area (Å²) in [5, 5.41) is 37.3. The Balaban J connectivity index is 1.10. The third kappa shape index (κ3) is 8.15. The number of amides is 2. The highest BCUT2D eigenvalue weighted by Gasteiger charge is 2.62. The van der Waals surface area contributed by atoms with Gasteiger partial charge in [-0.05, 0) is 129 Å². The molecule has 0 radical (unpaired) electrons. The van der Waals surface area contributed by atoms with E-state index in [-0.39, 0.29) is 77.8 Å². The molecule has 5 fully saturated rings. The van der Waals surface area contributed by atoms with Gasteiger partial charge in [-0.3, -0.25) is 14.4 Å². The number of carboxylic acids is 1. The summed E-state index contributed by atoms with van der Waals surface area (Å²) in [6.07, 6.45) is 13.3. The average molecular weight is 689 g/mol. The molecule has 5 aliphatic rings. The fourth-order valence-electron chi connectivity index (χ4n) is 12.0. The molecule has 0 aromatic heterocycles. The van der Waals surface area contributed by atoms with Gasteiger partial charge in [-0.1, -0.05) is 40.0 Å². The van der Waals surface area contributed by atoms with Crippen LogP contribution >= 0.6 is 0 Å². The minimum absolute atomic E-state index is 0.00153. The van der Waals surface area contributed by atoms with Gasteiger partial charge < -0.3 is 30.7 Å². The van der Waals surface area contributed by atoms with Gasteiger partial charge in [0.1, 0.15) is 6.04 Å². The van der Waals surface area contributed by atoms with E-state index in [2.05, 4.69) is 31.4 Å². The third-order valence-electron chi connectivity index (χ3n) is 14.9. The monoisotopic (exact) mass is 688 g/mol. The van der Waals surface area contributed by atoms with E-state index in [1.165, 1.54) is 7.11 Å². The van der Waals surface area contributed by atoms with Crippen LogP contribution in [0.5, 0.6) is 0 Å². The van der Waals surface area contributed by atoms with Crippen LogP contribution in [-0.4, -0.2) is 71.0 Å². The number of hydrogen-bond donors (Lipinski definition) is 5. The molecule has 2 amide bonds. The summed E-state index contributed by atoms with van der Waals surface area (Å²) in [5.41, 5.74) is -0.0275. The van der Waals surface area contributed by atoms with Crippen molar-refractivity contribution in [2.24, 2.45) is 51.8 Å². The average Bonchev–Trinajstić information content (AvgIpc) is 3.42. The zero-order chi connectivity index (χ0) is 35.6. The van der Waals surface area contributed by atoms with E-state index in [1.54, 1.807) is 0 Å². The van der Waals surface area contributed by atoms with Crippen molar-refractivity contribution in [3.63, 3.8) is 0 Å². The van der Waals surface area contributed by atoms with E-state index in [1.807, 2.05) is 0 Å². The van der Waals surface area contributed by atoms with Gasteiger partial charge in [0.05, 0.1) is 25.7 Å². The lowest BCUT2D eigenvalue weighted by Gasteiger charge is -2.62. The van der Waals surface area contributed by atoms with Gasteiger partial charge in [-0.2, -0.15) is 0 Å². The maximum atomic E-state index is 13.0. The number of aliphatic carboxylic acids is 1. The van der Waals surface area contributed by atoms with Crippen molar-refractivity contribution < 1.29 is 39.2 Å². The summed E-state index contributed by atoms with van der Waals surface area (Å²) in [6.45, 7) is 7.44. The molecule has 10 heteroatoms. The largest absolute Gasteiger partial charge is 0.480 e. The number of aliphatic hydroxyl groups excluding tert-OH is 2. The quantitative estimate of drug-likeness (QED) is 0.161. The fourth-order valence-corrected chi connectivity index (χ4v) is 12.0. The van der Waals surface area contributed by atoms with Crippen molar-refractivity contribution >= 4 is 23.8 Å². The fraction of sp³-hybridized carbons (Fsp3) is 0.897. The van der Waals surface area contributed by atoms with Gasteiger partial charge in [0, 0.05) is 19.4 Å². The van der Waals surface area contributed by atoms with Crippen LogP contribution in [0, 0.1) is 51.8 Å². The van der Waals surface area contributed by atoms with E-state index < -0.39 is 12.0 Å². The highest BCUT2D eigenvalue weighted by molar-refractivity contribution is 5.84. The Labute approximate surface area is 293 Å². The summed E-state index contributed by atoms with van der Waals surface area (Å²) >= 11 is 0. The topological polar surface area (TPSA) is 162 Å². The van der Waals surface area contributed by atoms with E-state index in [9.17, 15) is 34.5 Å². The smallest absolute Gasteiger partial charge is 0.326 e. The molecule has 11 atom stereocenters. The number of esters is 1. The first-order valence-electron chi connectivity index (χ1n) is 19.4. The number of carbonyl (C=O) groups excluding carboxylic acids is 3. The number of ether oxygens (including phenoxy) is 1. The Morgan fingerprint density at radius 3 is 2.20 bits per heavy atom. The molecule has 278 valence electrons. The van der Waals surface area contributed by atoms with Crippen molar-refractivity contribution in [3.8, 4) is 0 Å². The Morgan fingerprint density at radius 1 is 0.837 bits per heavy atom. The van der Waals surface area contributed by atoms with Gasteiger partial charge in [0.15, 0.2) is 0 Å². The molecule has 5 aliphatic carbocycles. The van der Waals surface area contributed by atoms with Crippen molar-refractivity contribution in [2.45, 2.75) is 155 Å². The van der Waals surface area contributed by atoms with Crippen LogP contribution in [0.2, 0.25) is 0 Å². The molecule has 5 N–H and O–H groups in total. The molecule has 0 aromatic carbocycles. The summed E-state index contributed by atoms with van der Waals surface area (Å²) < 4.78 is 4.89. The molecule has 5 saturated carbocycles. The van der Waals surface area contributed by atoms with Crippen molar-refractivity contribution in [3.05, 3.63) is 0 Å². The molecule has 0 bridgehead atoms. The highest BCUT2D eigenvalue weighted by Crippen LogP contribution is 2.68. The lowest BCUT2D eigenvalue weighted by atomic mass is 9.43. The van der Waals surface area contributed by atoms with Crippen LogP contribution in [0.25, 0.3) is 0 Å². The van der Waals surface area contributed by atoms with Crippen LogP contribution in [0.1, 0.15) is 136 Å². The second-order valence-corrected chi connectivity index (χ2v) is 17.6. The number of methoxy groups -OCH3 is 1.